The predicted molar refractivity (Wildman–Crippen MR) is 319 cm³/mol. The molecule has 1 unspecified atom stereocenters. The maximum absolute atomic E-state index is 15.0. The third-order valence-corrected chi connectivity index (χ3v) is 18.4. The van der Waals surface area contributed by atoms with Crippen LogP contribution in [0.1, 0.15) is 52.1 Å². The molecule has 412 valence electrons. The fourth-order valence-corrected chi connectivity index (χ4v) is 14.0. The summed E-state index contributed by atoms with van der Waals surface area (Å²) >= 11 is 5.67. The van der Waals surface area contributed by atoms with E-state index in [0.717, 1.165) is 48.1 Å². The molecule has 19 heteroatoms. The van der Waals surface area contributed by atoms with Gasteiger partial charge < -0.3 is 29.7 Å². The van der Waals surface area contributed by atoms with Crippen molar-refractivity contribution < 1.29 is 42.8 Å². The van der Waals surface area contributed by atoms with Gasteiger partial charge in [-0.05, 0) is 75.4 Å². The van der Waals surface area contributed by atoms with Gasteiger partial charge in [-0.15, -0.1) is 23.1 Å². The number of carbonyl (C=O) groups is 4. The Morgan fingerprint density at radius 3 is 1.98 bits per heavy atom. The van der Waals surface area contributed by atoms with Crippen LogP contribution in [0.2, 0.25) is 0 Å². The minimum Gasteiger partial charge on any atom is -0.497 e. The number of esters is 2. The van der Waals surface area contributed by atoms with Gasteiger partial charge in [0.1, 0.15) is 53.3 Å². The Morgan fingerprint density at radius 1 is 0.793 bits per heavy atom. The van der Waals surface area contributed by atoms with Crippen molar-refractivity contribution in [1.29, 1.82) is 0 Å². The maximum Gasteiger partial charge on any atom is 0.355 e. The van der Waals surface area contributed by atoms with E-state index in [1.54, 1.807) is 48.1 Å². The molecule has 3 atom stereocenters. The van der Waals surface area contributed by atoms with Crippen LogP contribution in [-0.2, 0) is 52.7 Å². The highest BCUT2D eigenvalue weighted by molar-refractivity contribution is 8.02. The van der Waals surface area contributed by atoms with E-state index in [1.165, 1.54) is 46.7 Å². The smallest absolute Gasteiger partial charge is 0.355 e. The zero-order valence-electron chi connectivity index (χ0n) is 44.6. The van der Waals surface area contributed by atoms with E-state index in [-0.39, 0.29) is 23.7 Å². The highest BCUT2D eigenvalue weighted by atomic mass is 32.2. The first-order valence-electron chi connectivity index (χ1n) is 26.2. The normalized spacial score (nSPS) is 15.5. The molecular weight excluding hydrogens is 1110 g/mol. The molecule has 1 saturated heterocycles. The number of anilines is 1. The molecule has 0 radical (unpaired) electrons. The number of ether oxygens (including phenoxy) is 3. The number of thiazole rings is 2. The van der Waals surface area contributed by atoms with Crippen molar-refractivity contribution in [3.05, 3.63) is 250 Å². The van der Waals surface area contributed by atoms with Gasteiger partial charge in [0.2, 0.25) is 6.10 Å². The fourth-order valence-electron chi connectivity index (χ4n) is 9.69. The molecule has 9 aromatic rings. The maximum atomic E-state index is 15.0. The van der Waals surface area contributed by atoms with Gasteiger partial charge in [-0.3, -0.25) is 14.5 Å². The predicted octanol–water partition coefficient (Wildman–Crippen LogP) is 10.6. The number of β-lactam (4-membered cyclic amide) rings is 1. The highest BCUT2D eigenvalue weighted by Gasteiger charge is 2.55. The largest absolute Gasteiger partial charge is 0.497 e. The minimum atomic E-state index is -1.32. The molecule has 11 rings (SSSR count). The fraction of sp³-hybridized carbons (Fsp3) is 0.175. The molecular formula is C63H54N7O8S4+. The summed E-state index contributed by atoms with van der Waals surface area (Å²) in [5.74, 6) is -1.40. The van der Waals surface area contributed by atoms with Crippen molar-refractivity contribution in [1.82, 2.24) is 20.2 Å². The van der Waals surface area contributed by atoms with Crippen LogP contribution in [0.3, 0.4) is 0 Å². The van der Waals surface area contributed by atoms with Crippen LogP contribution in [0, 0.1) is 0 Å². The highest BCUT2D eigenvalue weighted by Crippen LogP contribution is 2.44. The van der Waals surface area contributed by atoms with Gasteiger partial charge in [0, 0.05) is 23.0 Å². The Balaban J connectivity index is 0.898. The molecule has 2 amide bonds. The second-order valence-electron chi connectivity index (χ2n) is 19.2. The van der Waals surface area contributed by atoms with Gasteiger partial charge in [-0.25, -0.2) is 19.6 Å². The van der Waals surface area contributed by atoms with E-state index in [0.29, 0.717) is 28.0 Å². The van der Waals surface area contributed by atoms with Gasteiger partial charge in [-0.1, -0.05) is 181 Å². The molecule has 2 aliphatic rings. The summed E-state index contributed by atoms with van der Waals surface area (Å²) in [6, 6.07) is 58.7. The number of nitrogens with one attached hydrogen (secondary N) is 2. The zero-order chi connectivity index (χ0) is 56.6. The minimum absolute atomic E-state index is 0.0558. The molecule has 15 nitrogen and oxygen atoms in total. The quantitative estimate of drug-likeness (QED) is 0.0132. The standard InChI is InChI=1S/C63H53N7O8S4/c1-40(59(73)77-54(42-20-9-4-10-21-42)43-22-11-5-12-23-43)78-68-51(50-39-80-61(64-50)67-63(45-24-13-6-14-25-45,46-26-15-7-16-27-46)47-28-17-8-18-29-47)55(71)66-52-56(72)70-53(60(74)76-36-41-31-33-48(75-3)34-32-41)44(37-79-58(52)70)38-81-62-65-49-30-19-35-69(2)57(49)82-62/h4-35,39-40,52,54,58H,36-38H2,1-3H3,(H-,64,66,67,71)/p+1/b68-51-/t40-,52?,58-/m0/s1. The SMILES string of the molecule is COc1ccc(COC(=O)C2=C(CSc3nc4ccc[n+](C)c4s3)CS[C@H]3C(NC(=O)/C(=N\O[C@@H](C)C(=O)OC(c4ccccc4)c4ccccc4)c4csc(NC(c5ccccc5)(c5ccccc5)c5ccccc5)n4)C(=O)N23)cc1. The van der Waals surface area contributed by atoms with Gasteiger partial charge in [0.05, 0.1) is 7.11 Å². The topological polar surface area (TPSA) is 175 Å². The van der Waals surface area contributed by atoms with Crippen LogP contribution in [-0.4, -0.2) is 80.5 Å². The van der Waals surface area contributed by atoms with E-state index < -0.39 is 52.9 Å². The average Bonchev–Trinajstić information content (AvgIpc) is 3.88. The Hall–Kier alpha value is -8.62. The van der Waals surface area contributed by atoms with Crippen LogP contribution in [0.5, 0.6) is 5.75 Å². The Kier molecular flexibility index (Phi) is 16.9. The van der Waals surface area contributed by atoms with Crippen LogP contribution in [0.25, 0.3) is 10.3 Å². The number of oxime groups is 1. The number of amides is 2. The molecule has 1 fully saturated rings. The third-order valence-electron chi connectivity index (χ3n) is 13.9. The lowest BCUT2D eigenvalue weighted by molar-refractivity contribution is -0.642. The van der Waals surface area contributed by atoms with Gasteiger partial charge in [0.15, 0.2) is 27.5 Å². The average molecular weight is 1170 g/mol. The first-order valence-corrected chi connectivity index (χ1v) is 29.9. The Labute approximate surface area is 490 Å². The first-order chi connectivity index (χ1) is 40.1. The number of pyridine rings is 1. The van der Waals surface area contributed by atoms with Gasteiger partial charge in [0.25, 0.3) is 16.6 Å². The molecule has 2 N–H and O–H groups in total. The van der Waals surface area contributed by atoms with Crippen molar-refractivity contribution in [2.24, 2.45) is 12.2 Å². The summed E-state index contributed by atoms with van der Waals surface area (Å²) in [7, 11) is 3.54. The molecule has 0 saturated carbocycles. The van der Waals surface area contributed by atoms with E-state index in [9.17, 15) is 14.4 Å². The number of aromatic nitrogens is 3. The van der Waals surface area contributed by atoms with E-state index in [2.05, 4.69) is 15.8 Å². The lowest BCUT2D eigenvalue weighted by Crippen LogP contribution is -2.71. The second kappa shape index (κ2) is 25.0. The lowest BCUT2D eigenvalue weighted by Gasteiger charge is -2.49. The van der Waals surface area contributed by atoms with Crippen LogP contribution in [0.15, 0.2) is 220 Å². The van der Waals surface area contributed by atoms with Crippen LogP contribution < -0.4 is 19.9 Å². The summed E-state index contributed by atoms with van der Waals surface area (Å²) in [4.78, 5) is 76.2. The third kappa shape index (κ3) is 11.8. The van der Waals surface area contributed by atoms with E-state index in [1.807, 2.05) is 182 Å². The molecule has 5 heterocycles. The summed E-state index contributed by atoms with van der Waals surface area (Å²) < 4.78 is 20.2. The Bertz CT molecular complexity index is 3660. The van der Waals surface area contributed by atoms with Crippen molar-refractivity contribution in [2.45, 2.75) is 47.0 Å². The zero-order valence-corrected chi connectivity index (χ0v) is 47.9. The number of hydrogen-bond donors (Lipinski definition) is 2. The molecule has 0 aliphatic carbocycles. The van der Waals surface area contributed by atoms with Crippen molar-refractivity contribution in [2.75, 3.05) is 23.9 Å². The van der Waals surface area contributed by atoms with Crippen molar-refractivity contribution >= 4 is 91.1 Å². The summed E-state index contributed by atoms with van der Waals surface area (Å²) in [6.45, 7) is 1.43. The molecule has 2 aliphatic heterocycles. The Morgan fingerprint density at radius 2 is 1.39 bits per heavy atom. The second-order valence-corrected chi connectivity index (χ2v) is 23.3. The number of fused-ring (bicyclic) bond motifs is 2. The number of rotatable bonds is 21. The number of nitrogens with zero attached hydrogens (tertiary/aromatic N) is 5. The number of carbonyl (C=O) groups excluding carboxylic acids is 4. The number of thioether (sulfide) groups is 2. The number of aryl methyl sites for hydroxylation is 1. The van der Waals surface area contributed by atoms with Crippen molar-refractivity contribution in [3.8, 4) is 5.75 Å². The summed E-state index contributed by atoms with van der Waals surface area (Å²) in [5, 5.41) is 12.4. The number of benzene rings is 6. The van der Waals surface area contributed by atoms with E-state index in [4.69, 9.17) is 29.0 Å². The lowest BCUT2D eigenvalue weighted by atomic mass is 9.77. The molecule has 6 aromatic carbocycles. The van der Waals surface area contributed by atoms with Crippen LogP contribution >= 0.6 is 46.2 Å². The molecule has 0 bridgehead atoms. The monoisotopic (exact) mass is 1160 g/mol. The molecule has 3 aromatic heterocycles. The van der Waals surface area contributed by atoms with Crippen LogP contribution in [0.4, 0.5) is 5.13 Å². The number of hydrogen-bond acceptors (Lipinski definition) is 16. The number of methoxy groups -OCH3 is 1. The molecule has 82 heavy (non-hydrogen) atoms. The first kappa shape index (κ1) is 55.3. The summed E-state index contributed by atoms with van der Waals surface area (Å²) in [5.41, 5.74) is 5.50. The van der Waals surface area contributed by atoms with Gasteiger partial charge in [-0.2, -0.15) is 4.57 Å². The van der Waals surface area contributed by atoms with Crippen molar-refractivity contribution in [3.63, 3.8) is 0 Å². The van der Waals surface area contributed by atoms with Gasteiger partial charge >= 0.3 is 11.9 Å². The summed E-state index contributed by atoms with van der Waals surface area (Å²) in [6.07, 6.45) is -0.122. The van der Waals surface area contributed by atoms with E-state index >= 15 is 4.79 Å². The molecule has 0 spiro atoms.